The van der Waals surface area contributed by atoms with Gasteiger partial charge in [0.2, 0.25) is 0 Å². The van der Waals surface area contributed by atoms with Gasteiger partial charge in [0.15, 0.2) is 5.82 Å². The number of carbonyl (C=O) groups is 1. The molecule has 122 valence electrons. The van der Waals surface area contributed by atoms with Crippen LogP contribution in [0.2, 0.25) is 0 Å². The summed E-state index contributed by atoms with van der Waals surface area (Å²) in [5.41, 5.74) is 0.916. The summed E-state index contributed by atoms with van der Waals surface area (Å²) in [6.45, 7) is 1.50. The zero-order chi connectivity index (χ0) is 16.4. The molecule has 24 heavy (non-hydrogen) atoms. The van der Waals surface area contributed by atoms with E-state index in [0.717, 1.165) is 10.6 Å². The van der Waals surface area contributed by atoms with Gasteiger partial charge in [0.05, 0.1) is 23.8 Å². The van der Waals surface area contributed by atoms with Gasteiger partial charge in [-0.25, -0.2) is 9.67 Å². The van der Waals surface area contributed by atoms with Gasteiger partial charge in [-0.15, -0.1) is 11.3 Å². The zero-order valence-electron chi connectivity index (χ0n) is 12.9. The topological polar surface area (TPSA) is 60.3 Å². The third-order valence-corrected chi connectivity index (χ3v) is 4.85. The van der Waals surface area contributed by atoms with Crippen molar-refractivity contribution < 1.29 is 9.53 Å². The van der Waals surface area contributed by atoms with E-state index < -0.39 is 0 Å². The van der Waals surface area contributed by atoms with Crippen LogP contribution >= 0.6 is 11.3 Å². The molecule has 1 aliphatic rings. The summed E-state index contributed by atoms with van der Waals surface area (Å²) in [4.78, 5) is 19.8. The molecule has 3 heterocycles. The van der Waals surface area contributed by atoms with Crippen LogP contribution < -0.4 is 0 Å². The Bertz CT molecular complexity index is 816. The lowest BCUT2D eigenvalue weighted by Gasteiger charge is -2.34. The fourth-order valence-electron chi connectivity index (χ4n) is 2.85. The number of amides is 1. The maximum absolute atomic E-state index is 12.8. The molecule has 7 heteroatoms. The van der Waals surface area contributed by atoms with E-state index in [2.05, 4.69) is 10.1 Å². The molecule has 4 rings (SSSR count). The standard InChI is InChI=1S/C17H16N4O2S/c22-17(15-7-4-10-24-15)20-8-9-23-11-14(20)16-18-12-19-21(16)13-5-2-1-3-6-13/h1-7,10,12,14H,8-9,11H2. The van der Waals surface area contributed by atoms with Crippen molar-refractivity contribution in [2.75, 3.05) is 19.8 Å². The average Bonchev–Trinajstić information content (AvgIpc) is 3.33. The molecule has 0 spiro atoms. The van der Waals surface area contributed by atoms with Crippen molar-refractivity contribution in [3.63, 3.8) is 0 Å². The van der Waals surface area contributed by atoms with E-state index in [-0.39, 0.29) is 11.9 Å². The minimum absolute atomic E-state index is 0.0147. The molecule has 0 radical (unpaired) electrons. The number of hydrogen-bond acceptors (Lipinski definition) is 5. The number of rotatable bonds is 3. The largest absolute Gasteiger partial charge is 0.377 e. The van der Waals surface area contributed by atoms with E-state index in [4.69, 9.17) is 4.74 Å². The first-order valence-electron chi connectivity index (χ1n) is 7.72. The Labute approximate surface area is 143 Å². The molecule has 2 aromatic heterocycles. The Morgan fingerprint density at radius 2 is 2.08 bits per heavy atom. The maximum atomic E-state index is 12.8. The molecule has 1 saturated heterocycles. The maximum Gasteiger partial charge on any atom is 0.264 e. The fraction of sp³-hybridized carbons (Fsp3) is 0.235. The van der Waals surface area contributed by atoms with Crippen molar-refractivity contribution in [1.29, 1.82) is 0 Å². The van der Waals surface area contributed by atoms with Crippen LogP contribution in [0.25, 0.3) is 5.69 Å². The molecule has 1 atom stereocenters. The number of morpholine rings is 1. The van der Waals surface area contributed by atoms with Gasteiger partial charge in [-0.2, -0.15) is 5.10 Å². The van der Waals surface area contributed by atoms with Crippen LogP contribution in [0.3, 0.4) is 0 Å². The first-order valence-corrected chi connectivity index (χ1v) is 8.60. The molecule has 1 aliphatic heterocycles. The smallest absolute Gasteiger partial charge is 0.264 e. The van der Waals surface area contributed by atoms with Crippen LogP contribution in [-0.4, -0.2) is 45.3 Å². The molecule has 0 N–H and O–H groups in total. The lowest BCUT2D eigenvalue weighted by molar-refractivity contribution is -0.00553. The van der Waals surface area contributed by atoms with E-state index in [0.29, 0.717) is 25.6 Å². The van der Waals surface area contributed by atoms with Gasteiger partial charge >= 0.3 is 0 Å². The van der Waals surface area contributed by atoms with E-state index >= 15 is 0 Å². The Kier molecular flexibility index (Phi) is 4.10. The Morgan fingerprint density at radius 1 is 1.21 bits per heavy atom. The molecule has 0 aliphatic carbocycles. The van der Waals surface area contributed by atoms with Crippen molar-refractivity contribution in [1.82, 2.24) is 19.7 Å². The van der Waals surface area contributed by atoms with Crippen LogP contribution in [0.4, 0.5) is 0 Å². The van der Waals surface area contributed by atoms with Crippen LogP contribution in [0.1, 0.15) is 21.5 Å². The normalized spacial score (nSPS) is 17.8. The SMILES string of the molecule is O=C(c1cccs1)N1CCOCC1c1ncnn1-c1ccccc1. The van der Waals surface area contributed by atoms with Crippen LogP contribution in [-0.2, 0) is 4.74 Å². The highest BCUT2D eigenvalue weighted by molar-refractivity contribution is 7.12. The lowest BCUT2D eigenvalue weighted by Crippen LogP contribution is -2.44. The third kappa shape index (κ3) is 2.72. The van der Waals surface area contributed by atoms with Crippen molar-refractivity contribution in [3.8, 4) is 5.69 Å². The summed E-state index contributed by atoms with van der Waals surface area (Å²) in [5, 5.41) is 6.24. The van der Waals surface area contributed by atoms with Gasteiger partial charge in [-0.05, 0) is 23.6 Å². The zero-order valence-corrected chi connectivity index (χ0v) is 13.7. The van der Waals surface area contributed by atoms with Crippen molar-refractivity contribution in [2.24, 2.45) is 0 Å². The predicted molar refractivity (Wildman–Crippen MR) is 90.3 cm³/mol. The molecule has 0 bridgehead atoms. The highest BCUT2D eigenvalue weighted by Crippen LogP contribution is 2.27. The monoisotopic (exact) mass is 340 g/mol. The molecule has 1 aromatic carbocycles. The summed E-state index contributed by atoms with van der Waals surface area (Å²) >= 11 is 1.45. The summed E-state index contributed by atoms with van der Waals surface area (Å²) in [6.07, 6.45) is 1.52. The van der Waals surface area contributed by atoms with Crippen molar-refractivity contribution >= 4 is 17.2 Å². The number of hydrogen-bond donors (Lipinski definition) is 0. The minimum atomic E-state index is -0.254. The first-order chi connectivity index (χ1) is 11.8. The first kappa shape index (κ1) is 15.0. The summed E-state index contributed by atoms with van der Waals surface area (Å²) in [6, 6.07) is 13.3. The van der Waals surface area contributed by atoms with Gasteiger partial charge in [-0.1, -0.05) is 24.3 Å². The average molecular weight is 340 g/mol. The number of aromatic nitrogens is 3. The second-order valence-corrected chi connectivity index (χ2v) is 6.38. The number of carbonyl (C=O) groups excluding carboxylic acids is 1. The molecule has 6 nitrogen and oxygen atoms in total. The van der Waals surface area contributed by atoms with Gasteiger partial charge in [-0.3, -0.25) is 4.79 Å². The van der Waals surface area contributed by atoms with Crippen molar-refractivity contribution in [2.45, 2.75) is 6.04 Å². The molecule has 1 amide bonds. The summed E-state index contributed by atoms with van der Waals surface area (Å²) < 4.78 is 7.39. The second-order valence-electron chi connectivity index (χ2n) is 5.43. The minimum Gasteiger partial charge on any atom is -0.377 e. The Morgan fingerprint density at radius 3 is 2.88 bits per heavy atom. The van der Waals surface area contributed by atoms with Crippen LogP contribution in [0.15, 0.2) is 54.2 Å². The highest BCUT2D eigenvalue weighted by Gasteiger charge is 2.33. The van der Waals surface area contributed by atoms with E-state index in [1.807, 2.05) is 52.7 Å². The number of thiophene rings is 1. The second kappa shape index (κ2) is 6.54. The molecule has 0 saturated carbocycles. The van der Waals surface area contributed by atoms with Crippen molar-refractivity contribution in [3.05, 3.63) is 64.9 Å². The Hall–Kier alpha value is -2.51. The van der Waals surface area contributed by atoms with Gasteiger partial charge < -0.3 is 9.64 Å². The number of benzene rings is 1. The van der Waals surface area contributed by atoms with E-state index in [1.165, 1.54) is 17.7 Å². The van der Waals surface area contributed by atoms with Gasteiger partial charge in [0.25, 0.3) is 5.91 Å². The fourth-order valence-corrected chi connectivity index (χ4v) is 3.53. The van der Waals surface area contributed by atoms with Crippen LogP contribution in [0, 0.1) is 0 Å². The molecule has 1 fully saturated rings. The summed E-state index contributed by atoms with van der Waals surface area (Å²) in [5.74, 6) is 0.728. The lowest BCUT2D eigenvalue weighted by atomic mass is 10.2. The van der Waals surface area contributed by atoms with Gasteiger partial charge in [0.1, 0.15) is 12.4 Å². The quantitative estimate of drug-likeness (QED) is 0.735. The number of para-hydroxylation sites is 1. The molecule has 1 unspecified atom stereocenters. The van der Waals surface area contributed by atoms with E-state index in [1.54, 1.807) is 4.68 Å². The third-order valence-electron chi connectivity index (χ3n) is 3.99. The number of nitrogens with zero attached hydrogens (tertiary/aromatic N) is 4. The molecular formula is C17H16N4O2S. The predicted octanol–water partition coefficient (Wildman–Crippen LogP) is 2.54. The van der Waals surface area contributed by atoms with Crippen LogP contribution in [0.5, 0.6) is 0 Å². The highest BCUT2D eigenvalue weighted by atomic mass is 32.1. The molecule has 3 aromatic rings. The van der Waals surface area contributed by atoms with E-state index in [9.17, 15) is 4.79 Å². The molecular weight excluding hydrogens is 324 g/mol. The summed E-state index contributed by atoms with van der Waals surface area (Å²) in [7, 11) is 0. The van der Waals surface area contributed by atoms with Gasteiger partial charge in [0, 0.05) is 6.54 Å². The number of ether oxygens (including phenoxy) is 1. The Balaban J connectivity index is 1.70.